The van der Waals surface area contributed by atoms with Gasteiger partial charge in [-0.05, 0) is 18.6 Å². The Morgan fingerprint density at radius 1 is 1.67 bits per heavy atom. The van der Waals surface area contributed by atoms with Crippen LogP contribution in [0.3, 0.4) is 0 Å². The molecule has 0 fully saturated rings. The lowest BCUT2D eigenvalue weighted by Gasteiger charge is -2.25. The van der Waals surface area contributed by atoms with Gasteiger partial charge in [0.25, 0.3) is 0 Å². The molecular weight excluding hydrogens is 298 g/mol. The van der Waals surface area contributed by atoms with Gasteiger partial charge in [0, 0.05) is 10.0 Å². The number of nitrogens with zero attached hydrogens (tertiary/aromatic N) is 1. The van der Waals surface area contributed by atoms with Crippen LogP contribution in [-0.4, -0.2) is 18.2 Å². The summed E-state index contributed by atoms with van der Waals surface area (Å²) >= 11 is 3.46. The van der Waals surface area contributed by atoms with Crippen molar-refractivity contribution >= 4 is 39.8 Å². The predicted octanol–water partition coefficient (Wildman–Crippen LogP) is 1.07. The average Bonchev–Trinajstić information content (AvgIpc) is 2.32. The molecule has 0 aromatic heterocycles. The highest BCUT2D eigenvalue weighted by Gasteiger charge is 2.24. The number of carbonyl (C=O) groups excluding carboxylic acids is 1. The Balaban J connectivity index is 2.51. The Morgan fingerprint density at radius 3 is 3.00 bits per heavy atom. The zero-order chi connectivity index (χ0) is 13.3. The van der Waals surface area contributed by atoms with E-state index in [9.17, 15) is 4.79 Å². The first-order valence-corrected chi connectivity index (χ1v) is 6.02. The van der Waals surface area contributed by atoms with E-state index < -0.39 is 6.04 Å². The SMILES string of the molecule is Cc1ccc2c(c1Br)C(C=O)NC(NC(=N)N)=N2. The molecule has 0 saturated carbocycles. The summed E-state index contributed by atoms with van der Waals surface area (Å²) in [5.41, 5.74) is 7.73. The number of nitrogens with one attached hydrogen (secondary N) is 3. The van der Waals surface area contributed by atoms with Gasteiger partial charge >= 0.3 is 0 Å². The molecule has 1 aromatic rings. The quantitative estimate of drug-likeness (QED) is 0.354. The maximum absolute atomic E-state index is 11.2. The zero-order valence-electron chi connectivity index (χ0n) is 9.62. The van der Waals surface area contributed by atoms with E-state index in [1.54, 1.807) is 0 Å². The van der Waals surface area contributed by atoms with Crippen molar-refractivity contribution in [1.82, 2.24) is 10.6 Å². The fourth-order valence-electron chi connectivity index (χ4n) is 1.75. The van der Waals surface area contributed by atoms with Crippen LogP contribution in [0.5, 0.6) is 0 Å². The van der Waals surface area contributed by atoms with E-state index >= 15 is 0 Å². The molecule has 1 heterocycles. The van der Waals surface area contributed by atoms with Crippen LogP contribution in [-0.2, 0) is 4.79 Å². The molecule has 0 aliphatic carbocycles. The number of aryl methyl sites for hydroxylation is 1. The van der Waals surface area contributed by atoms with Gasteiger partial charge in [0.1, 0.15) is 12.3 Å². The predicted molar refractivity (Wildman–Crippen MR) is 73.0 cm³/mol. The second kappa shape index (κ2) is 4.77. The third-order valence-electron chi connectivity index (χ3n) is 2.57. The molecular formula is C11H12BrN5O. The van der Waals surface area contributed by atoms with Gasteiger partial charge in [-0.3, -0.25) is 10.7 Å². The van der Waals surface area contributed by atoms with E-state index in [2.05, 4.69) is 31.6 Å². The summed E-state index contributed by atoms with van der Waals surface area (Å²) in [6, 6.07) is 3.22. The molecule has 1 unspecified atom stereocenters. The minimum absolute atomic E-state index is 0.236. The van der Waals surface area contributed by atoms with Crippen LogP contribution in [0.2, 0.25) is 0 Å². The average molecular weight is 310 g/mol. The van der Waals surface area contributed by atoms with Crippen LogP contribution in [0, 0.1) is 12.3 Å². The van der Waals surface area contributed by atoms with Crippen molar-refractivity contribution in [2.24, 2.45) is 10.7 Å². The molecule has 18 heavy (non-hydrogen) atoms. The van der Waals surface area contributed by atoms with E-state index in [0.717, 1.165) is 21.9 Å². The number of aliphatic imine (C=N–C) groups is 1. The summed E-state index contributed by atoms with van der Waals surface area (Å²) in [6.45, 7) is 1.94. The number of carbonyl (C=O) groups is 1. The van der Waals surface area contributed by atoms with Crippen LogP contribution in [0.15, 0.2) is 21.6 Å². The fraction of sp³-hybridized carbons (Fsp3) is 0.182. The number of hydrogen-bond donors (Lipinski definition) is 4. The maximum Gasteiger partial charge on any atom is 0.204 e. The van der Waals surface area contributed by atoms with Gasteiger partial charge in [-0.2, -0.15) is 0 Å². The summed E-state index contributed by atoms with van der Waals surface area (Å²) < 4.78 is 0.857. The molecule has 2 rings (SSSR count). The number of rotatable bonds is 1. The highest BCUT2D eigenvalue weighted by Crippen LogP contribution is 2.36. The lowest BCUT2D eigenvalue weighted by Crippen LogP contribution is -2.47. The van der Waals surface area contributed by atoms with Gasteiger partial charge in [0.05, 0.1) is 5.69 Å². The molecule has 94 valence electrons. The summed E-state index contributed by atoms with van der Waals surface area (Å²) in [7, 11) is 0. The van der Waals surface area contributed by atoms with E-state index in [1.165, 1.54) is 0 Å². The van der Waals surface area contributed by atoms with Gasteiger partial charge in [-0.15, -0.1) is 0 Å². The van der Waals surface area contributed by atoms with Gasteiger partial charge < -0.3 is 15.8 Å². The molecule has 1 aliphatic rings. The first-order chi connectivity index (χ1) is 8.52. The van der Waals surface area contributed by atoms with Crippen molar-refractivity contribution in [3.63, 3.8) is 0 Å². The zero-order valence-corrected chi connectivity index (χ0v) is 11.2. The second-order valence-corrected chi connectivity index (χ2v) is 4.68. The highest BCUT2D eigenvalue weighted by atomic mass is 79.9. The first-order valence-electron chi connectivity index (χ1n) is 5.23. The third-order valence-corrected chi connectivity index (χ3v) is 3.63. The van der Waals surface area contributed by atoms with E-state index in [0.29, 0.717) is 11.6 Å². The van der Waals surface area contributed by atoms with Crippen molar-refractivity contribution in [2.45, 2.75) is 13.0 Å². The number of halogens is 1. The van der Waals surface area contributed by atoms with Gasteiger partial charge in [0.2, 0.25) is 5.96 Å². The van der Waals surface area contributed by atoms with Crippen molar-refractivity contribution in [3.8, 4) is 0 Å². The number of benzene rings is 1. The molecule has 6 nitrogen and oxygen atoms in total. The molecule has 0 spiro atoms. The van der Waals surface area contributed by atoms with Crippen molar-refractivity contribution in [1.29, 1.82) is 5.41 Å². The standard InChI is InChI=1S/C11H12BrN5O/c1-5-2-3-6-8(9(5)12)7(4-18)16-11(15-6)17-10(13)14/h2-4,7H,1H3,(H5,13,14,15,16,17). The lowest BCUT2D eigenvalue weighted by atomic mass is 10.0. The number of hydrogen-bond acceptors (Lipinski definition) is 4. The minimum Gasteiger partial charge on any atom is -0.370 e. The number of aldehydes is 1. The lowest BCUT2D eigenvalue weighted by molar-refractivity contribution is -0.109. The van der Waals surface area contributed by atoms with Crippen LogP contribution in [0.1, 0.15) is 17.2 Å². The summed E-state index contributed by atoms with van der Waals surface area (Å²) in [5, 5.41) is 12.6. The largest absolute Gasteiger partial charge is 0.370 e. The number of nitrogens with two attached hydrogens (primary N) is 1. The van der Waals surface area contributed by atoms with Crippen molar-refractivity contribution < 1.29 is 4.79 Å². The van der Waals surface area contributed by atoms with E-state index in [1.807, 2.05) is 19.1 Å². The van der Waals surface area contributed by atoms with Gasteiger partial charge in [-0.25, -0.2) is 4.99 Å². The van der Waals surface area contributed by atoms with Crippen LogP contribution in [0.4, 0.5) is 5.69 Å². The Labute approximate surface area is 112 Å². The number of guanidine groups is 2. The summed E-state index contributed by atoms with van der Waals surface area (Å²) in [6.07, 6.45) is 0.791. The normalized spacial score (nSPS) is 17.2. The summed E-state index contributed by atoms with van der Waals surface area (Å²) in [5.74, 6) is 0.0587. The van der Waals surface area contributed by atoms with E-state index in [-0.39, 0.29) is 5.96 Å². The van der Waals surface area contributed by atoms with Crippen LogP contribution in [0.25, 0.3) is 0 Å². The Bertz CT molecular complexity index is 555. The molecule has 1 aromatic carbocycles. The highest BCUT2D eigenvalue weighted by molar-refractivity contribution is 9.10. The minimum atomic E-state index is -0.520. The topological polar surface area (TPSA) is 103 Å². The molecule has 1 aliphatic heterocycles. The fourth-order valence-corrected chi connectivity index (χ4v) is 2.33. The molecule has 1 atom stereocenters. The van der Waals surface area contributed by atoms with Gasteiger partial charge in [0.15, 0.2) is 5.96 Å². The molecule has 7 heteroatoms. The third kappa shape index (κ3) is 2.21. The van der Waals surface area contributed by atoms with Crippen molar-refractivity contribution in [2.75, 3.05) is 0 Å². The maximum atomic E-state index is 11.2. The van der Waals surface area contributed by atoms with Crippen molar-refractivity contribution in [3.05, 3.63) is 27.7 Å². The Morgan fingerprint density at radius 2 is 2.39 bits per heavy atom. The van der Waals surface area contributed by atoms with Gasteiger partial charge in [-0.1, -0.05) is 22.0 Å². The second-order valence-electron chi connectivity index (χ2n) is 3.89. The van der Waals surface area contributed by atoms with Crippen LogP contribution >= 0.6 is 15.9 Å². The molecule has 0 amide bonds. The smallest absolute Gasteiger partial charge is 0.204 e. The molecule has 0 radical (unpaired) electrons. The Hall–Kier alpha value is -1.89. The monoisotopic (exact) mass is 309 g/mol. The molecule has 5 N–H and O–H groups in total. The van der Waals surface area contributed by atoms with E-state index in [4.69, 9.17) is 11.1 Å². The number of fused-ring (bicyclic) bond motifs is 1. The summed E-state index contributed by atoms with van der Waals surface area (Å²) in [4.78, 5) is 15.4. The molecule has 0 bridgehead atoms. The molecule has 0 saturated heterocycles. The Kier molecular flexibility index (Phi) is 3.33. The van der Waals surface area contributed by atoms with Crippen LogP contribution < -0.4 is 16.4 Å². The first kappa shape index (κ1) is 12.6.